The number of anilines is 1. The molecule has 1 heterocycles. The number of pyridine rings is 1. The fourth-order valence-corrected chi connectivity index (χ4v) is 2.10. The molecule has 1 N–H and O–H groups in total. The molecule has 2 aromatic rings. The summed E-state index contributed by atoms with van der Waals surface area (Å²) in [6, 6.07) is 12.1. The molecule has 0 fully saturated rings. The smallest absolute Gasteiger partial charge is 0.152 e. The van der Waals surface area contributed by atoms with E-state index in [4.69, 9.17) is 16.3 Å². The van der Waals surface area contributed by atoms with E-state index in [0.29, 0.717) is 11.1 Å². The average Bonchev–Trinajstić information content (AvgIpc) is 2.48. The molecule has 2 rings (SSSR count). The molecule has 0 spiro atoms. The van der Waals surface area contributed by atoms with Crippen LogP contribution in [0.1, 0.15) is 32.4 Å². The predicted molar refractivity (Wildman–Crippen MR) is 88.1 cm³/mol. The van der Waals surface area contributed by atoms with Crippen molar-refractivity contribution < 1.29 is 4.74 Å². The summed E-state index contributed by atoms with van der Waals surface area (Å²) >= 11 is 6.06. The highest BCUT2D eigenvalue weighted by Gasteiger charge is 2.08. The molecule has 0 aliphatic rings. The van der Waals surface area contributed by atoms with Gasteiger partial charge in [0.2, 0.25) is 0 Å². The molecule has 1 aromatic carbocycles. The Kier molecular flexibility index (Phi) is 5.45. The van der Waals surface area contributed by atoms with Crippen LogP contribution in [-0.2, 0) is 0 Å². The first-order chi connectivity index (χ1) is 10.1. The second-order valence-corrected chi connectivity index (χ2v) is 5.84. The van der Waals surface area contributed by atoms with E-state index in [0.717, 1.165) is 18.0 Å². The van der Waals surface area contributed by atoms with Gasteiger partial charge in [-0.05, 0) is 42.7 Å². The van der Waals surface area contributed by atoms with Crippen LogP contribution in [0, 0.1) is 5.92 Å². The number of hydrogen-bond donors (Lipinski definition) is 1. The second kappa shape index (κ2) is 7.32. The topological polar surface area (TPSA) is 34.1 Å². The zero-order valence-electron chi connectivity index (χ0n) is 12.6. The number of nitrogens with one attached hydrogen (secondary N) is 1. The van der Waals surface area contributed by atoms with Gasteiger partial charge in [-0.3, -0.25) is 0 Å². The van der Waals surface area contributed by atoms with E-state index < -0.39 is 0 Å². The van der Waals surface area contributed by atoms with Gasteiger partial charge in [-0.1, -0.05) is 37.6 Å². The van der Waals surface area contributed by atoms with Crippen LogP contribution in [0.3, 0.4) is 0 Å². The van der Waals surface area contributed by atoms with Gasteiger partial charge in [0.15, 0.2) is 5.15 Å². The van der Waals surface area contributed by atoms with E-state index in [-0.39, 0.29) is 6.04 Å². The molecule has 0 saturated heterocycles. The molecule has 0 aliphatic carbocycles. The van der Waals surface area contributed by atoms with Gasteiger partial charge in [-0.2, -0.15) is 0 Å². The normalized spacial score (nSPS) is 12.2. The summed E-state index contributed by atoms with van der Waals surface area (Å²) in [6.07, 6.45) is 1.68. The Bertz CT molecular complexity index is 569. The Balaban J connectivity index is 2.00. The lowest BCUT2D eigenvalue weighted by Gasteiger charge is -2.17. The molecule has 3 nitrogen and oxygen atoms in total. The quantitative estimate of drug-likeness (QED) is 0.767. The minimum Gasteiger partial charge on any atom is -0.493 e. The summed E-state index contributed by atoms with van der Waals surface area (Å²) in [5.41, 5.74) is 2.01. The lowest BCUT2D eigenvalue weighted by molar-refractivity contribution is 0.271. The molecule has 0 bridgehead atoms. The van der Waals surface area contributed by atoms with E-state index in [1.165, 1.54) is 5.56 Å². The molecule has 1 aromatic heterocycles. The summed E-state index contributed by atoms with van der Waals surface area (Å²) in [5, 5.41) is 3.85. The zero-order chi connectivity index (χ0) is 15.2. The van der Waals surface area contributed by atoms with Crippen LogP contribution in [0.25, 0.3) is 0 Å². The second-order valence-electron chi connectivity index (χ2n) is 5.48. The highest BCUT2D eigenvalue weighted by Crippen LogP contribution is 2.25. The first kappa shape index (κ1) is 15.6. The van der Waals surface area contributed by atoms with Gasteiger partial charge >= 0.3 is 0 Å². The lowest BCUT2D eigenvalue weighted by Crippen LogP contribution is -2.08. The van der Waals surface area contributed by atoms with E-state index in [9.17, 15) is 0 Å². The van der Waals surface area contributed by atoms with Crippen LogP contribution in [0.5, 0.6) is 5.75 Å². The third kappa shape index (κ3) is 4.64. The Labute approximate surface area is 131 Å². The maximum absolute atomic E-state index is 6.06. The Morgan fingerprint density at radius 3 is 2.48 bits per heavy atom. The lowest BCUT2D eigenvalue weighted by atomic mass is 10.1. The van der Waals surface area contributed by atoms with E-state index in [1.807, 2.05) is 24.3 Å². The molecular weight excluding hydrogens is 284 g/mol. The Hall–Kier alpha value is -1.74. The van der Waals surface area contributed by atoms with Crippen LogP contribution in [0.15, 0.2) is 42.6 Å². The minimum atomic E-state index is 0.144. The molecular formula is C17H21ClN2O. The number of benzene rings is 1. The summed E-state index contributed by atoms with van der Waals surface area (Å²) in [7, 11) is 0. The van der Waals surface area contributed by atoms with Crippen molar-refractivity contribution >= 4 is 17.3 Å². The third-order valence-electron chi connectivity index (χ3n) is 3.09. The monoisotopic (exact) mass is 304 g/mol. The third-order valence-corrected chi connectivity index (χ3v) is 3.40. The van der Waals surface area contributed by atoms with Gasteiger partial charge in [-0.15, -0.1) is 0 Å². The fourth-order valence-electron chi connectivity index (χ4n) is 1.93. The number of nitrogens with zero attached hydrogens (tertiary/aromatic N) is 1. The number of rotatable bonds is 6. The molecule has 112 valence electrons. The van der Waals surface area contributed by atoms with Crippen LogP contribution < -0.4 is 10.1 Å². The predicted octanol–water partition coefficient (Wildman–Crippen LogP) is 4.94. The van der Waals surface area contributed by atoms with Crippen LogP contribution >= 0.6 is 11.6 Å². The average molecular weight is 305 g/mol. The molecule has 1 unspecified atom stereocenters. The summed E-state index contributed by atoms with van der Waals surface area (Å²) in [5.74, 6) is 1.43. The first-order valence-corrected chi connectivity index (χ1v) is 7.54. The van der Waals surface area contributed by atoms with Crippen LogP contribution in [0.2, 0.25) is 5.15 Å². The van der Waals surface area contributed by atoms with Gasteiger partial charge < -0.3 is 10.1 Å². The maximum Gasteiger partial charge on any atom is 0.152 e. The molecule has 0 radical (unpaired) electrons. The molecule has 0 amide bonds. The van der Waals surface area contributed by atoms with Crippen molar-refractivity contribution in [3.63, 3.8) is 0 Å². The highest BCUT2D eigenvalue weighted by atomic mass is 35.5. The molecule has 0 aliphatic heterocycles. The van der Waals surface area contributed by atoms with Crippen LogP contribution in [-0.4, -0.2) is 11.6 Å². The van der Waals surface area contributed by atoms with Crippen molar-refractivity contribution in [3.8, 4) is 5.75 Å². The molecule has 0 saturated carbocycles. The van der Waals surface area contributed by atoms with Crippen molar-refractivity contribution in [1.29, 1.82) is 0 Å². The van der Waals surface area contributed by atoms with Gasteiger partial charge in [0.25, 0.3) is 0 Å². The first-order valence-electron chi connectivity index (χ1n) is 7.16. The van der Waals surface area contributed by atoms with Crippen LogP contribution in [0.4, 0.5) is 5.69 Å². The number of halogens is 1. The van der Waals surface area contributed by atoms with Crippen molar-refractivity contribution in [2.75, 3.05) is 11.9 Å². The summed E-state index contributed by atoms with van der Waals surface area (Å²) in [4.78, 5) is 4.06. The standard InChI is InChI=1S/C17H21ClN2O/c1-12(2)11-21-15-8-6-14(7-9-15)13(3)20-16-5-4-10-19-17(16)18/h4-10,12-13,20H,11H2,1-3H3. The van der Waals surface area contributed by atoms with Gasteiger partial charge in [0, 0.05) is 12.2 Å². The van der Waals surface area contributed by atoms with Crippen molar-refractivity contribution in [2.24, 2.45) is 5.92 Å². The van der Waals surface area contributed by atoms with Crippen molar-refractivity contribution in [2.45, 2.75) is 26.8 Å². The summed E-state index contributed by atoms with van der Waals surface area (Å²) < 4.78 is 5.69. The Morgan fingerprint density at radius 2 is 1.86 bits per heavy atom. The van der Waals surface area contributed by atoms with E-state index in [1.54, 1.807) is 6.20 Å². The number of ether oxygens (including phenoxy) is 1. The largest absolute Gasteiger partial charge is 0.493 e. The maximum atomic E-state index is 6.06. The fraction of sp³-hybridized carbons (Fsp3) is 0.353. The zero-order valence-corrected chi connectivity index (χ0v) is 13.4. The SMILES string of the molecule is CC(C)COc1ccc(C(C)Nc2cccnc2Cl)cc1. The van der Waals surface area contributed by atoms with Gasteiger partial charge in [0.05, 0.1) is 12.3 Å². The Morgan fingerprint density at radius 1 is 1.14 bits per heavy atom. The van der Waals surface area contributed by atoms with Gasteiger partial charge in [0.1, 0.15) is 5.75 Å². The van der Waals surface area contributed by atoms with E-state index in [2.05, 4.69) is 43.2 Å². The minimum absolute atomic E-state index is 0.144. The van der Waals surface area contributed by atoms with Crippen molar-refractivity contribution in [3.05, 3.63) is 53.3 Å². The molecule has 21 heavy (non-hydrogen) atoms. The van der Waals surface area contributed by atoms with E-state index >= 15 is 0 Å². The highest BCUT2D eigenvalue weighted by molar-refractivity contribution is 6.31. The van der Waals surface area contributed by atoms with Crippen molar-refractivity contribution in [1.82, 2.24) is 4.98 Å². The van der Waals surface area contributed by atoms with Gasteiger partial charge in [-0.25, -0.2) is 4.98 Å². The molecule has 1 atom stereocenters. The summed E-state index contributed by atoms with van der Waals surface area (Å²) in [6.45, 7) is 7.10. The number of aromatic nitrogens is 1. The molecule has 4 heteroatoms. The number of hydrogen-bond acceptors (Lipinski definition) is 3.